The van der Waals surface area contributed by atoms with Crippen LogP contribution in [0.5, 0.6) is 0 Å². The lowest BCUT2D eigenvalue weighted by molar-refractivity contribution is -0.136. The predicted octanol–water partition coefficient (Wildman–Crippen LogP) is 2.98. The highest BCUT2D eigenvalue weighted by atomic mass is 16.6. The highest BCUT2D eigenvalue weighted by Crippen LogP contribution is 2.24. The molecule has 2 aromatic carbocycles. The lowest BCUT2D eigenvalue weighted by Gasteiger charge is -2.27. The highest BCUT2D eigenvalue weighted by molar-refractivity contribution is 5.95. The van der Waals surface area contributed by atoms with E-state index in [1.807, 2.05) is 60.7 Å². The number of rotatable bonds is 7. The van der Waals surface area contributed by atoms with Gasteiger partial charge in [0.05, 0.1) is 18.1 Å². The number of aliphatic hydroxyl groups excluding tert-OH is 1. The number of imide groups is 1. The van der Waals surface area contributed by atoms with Crippen LogP contribution in [0.4, 0.5) is 4.79 Å². The number of carbonyl (C=O) groups excluding carboxylic acids is 2. The lowest BCUT2D eigenvalue weighted by Crippen LogP contribution is -2.47. The standard InChI is InChI=1S/C22H23NO4/c1-2-20(24)19(14-17-11-7-4-8-12-17)21(25)23-18(15-27-22(23)26)13-16-9-5-3-6-10-16/h2-12,18-20,24H,1,13-15H2/t18-,19-,20+/m0/s1. The molecule has 0 spiro atoms. The van der Waals surface area contributed by atoms with Crippen molar-refractivity contribution >= 4 is 12.0 Å². The van der Waals surface area contributed by atoms with Crippen LogP contribution >= 0.6 is 0 Å². The molecule has 0 aromatic heterocycles. The summed E-state index contributed by atoms with van der Waals surface area (Å²) in [6.07, 6.45) is 0.452. The SMILES string of the molecule is C=C[C@@H](O)[C@H](Cc1ccccc1)C(=O)N1C(=O)OC[C@@H]1Cc1ccccc1. The zero-order valence-electron chi connectivity index (χ0n) is 15.0. The molecule has 140 valence electrons. The maximum atomic E-state index is 13.2. The van der Waals surface area contributed by atoms with Crippen LogP contribution in [0.3, 0.4) is 0 Å². The van der Waals surface area contributed by atoms with Crippen LogP contribution in [0.1, 0.15) is 11.1 Å². The van der Waals surface area contributed by atoms with E-state index in [1.165, 1.54) is 6.08 Å². The summed E-state index contributed by atoms with van der Waals surface area (Å²) < 4.78 is 5.14. The summed E-state index contributed by atoms with van der Waals surface area (Å²) in [5.74, 6) is -1.23. The first-order chi connectivity index (χ1) is 13.1. The first-order valence-corrected chi connectivity index (χ1v) is 8.98. The number of carbonyl (C=O) groups is 2. The molecule has 0 unspecified atom stereocenters. The second kappa shape index (κ2) is 8.64. The number of aliphatic hydroxyl groups is 1. The van der Waals surface area contributed by atoms with Crippen molar-refractivity contribution in [3.05, 3.63) is 84.4 Å². The molecule has 0 radical (unpaired) electrons. The van der Waals surface area contributed by atoms with Crippen LogP contribution in [-0.2, 0) is 22.4 Å². The van der Waals surface area contributed by atoms with Gasteiger partial charge in [0.25, 0.3) is 0 Å². The maximum absolute atomic E-state index is 13.2. The summed E-state index contributed by atoms with van der Waals surface area (Å²) in [6.45, 7) is 3.76. The Bertz CT molecular complexity index is 790. The van der Waals surface area contributed by atoms with E-state index in [-0.39, 0.29) is 12.6 Å². The molecule has 2 aromatic rings. The highest BCUT2D eigenvalue weighted by Gasteiger charge is 2.42. The fraction of sp³-hybridized carbons (Fsp3) is 0.273. The first kappa shape index (κ1) is 18.9. The summed E-state index contributed by atoms with van der Waals surface area (Å²) in [7, 11) is 0. The van der Waals surface area contributed by atoms with Crippen LogP contribution in [0, 0.1) is 5.92 Å². The smallest absolute Gasteiger partial charge is 0.416 e. The monoisotopic (exact) mass is 365 g/mol. The molecule has 1 fully saturated rings. The molecule has 1 heterocycles. The Morgan fingerprint density at radius 1 is 1.15 bits per heavy atom. The zero-order valence-corrected chi connectivity index (χ0v) is 15.0. The van der Waals surface area contributed by atoms with E-state index in [0.29, 0.717) is 12.8 Å². The summed E-state index contributed by atoms with van der Waals surface area (Å²) >= 11 is 0. The van der Waals surface area contributed by atoms with E-state index in [4.69, 9.17) is 4.74 Å². The van der Waals surface area contributed by atoms with Gasteiger partial charge in [-0.2, -0.15) is 0 Å². The van der Waals surface area contributed by atoms with E-state index in [2.05, 4.69) is 6.58 Å². The van der Waals surface area contributed by atoms with E-state index in [9.17, 15) is 14.7 Å². The van der Waals surface area contributed by atoms with Crippen LogP contribution in [-0.4, -0.2) is 40.8 Å². The van der Waals surface area contributed by atoms with Crippen molar-refractivity contribution in [3.63, 3.8) is 0 Å². The average molecular weight is 365 g/mol. The molecular formula is C22H23NO4. The largest absolute Gasteiger partial charge is 0.447 e. The van der Waals surface area contributed by atoms with Crippen molar-refractivity contribution < 1.29 is 19.4 Å². The minimum absolute atomic E-state index is 0.154. The van der Waals surface area contributed by atoms with Gasteiger partial charge in [-0.05, 0) is 24.0 Å². The van der Waals surface area contributed by atoms with Gasteiger partial charge < -0.3 is 9.84 Å². The van der Waals surface area contributed by atoms with Gasteiger partial charge in [-0.15, -0.1) is 6.58 Å². The lowest BCUT2D eigenvalue weighted by atomic mass is 9.91. The summed E-state index contributed by atoms with van der Waals surface area (Å²) in [5, 5.41) is 10.4. The van der Waals surface area contributed by atoms with Crippen LogP contribution in [0.25, 0.3) is 0 Å². The number of ether oxygens (including phenoxy) is 1. The maximum Gasteiger partial charge on any atom is 0.416 e. The Hall–Kier alpha value is -2.92. The number of amides is 2. The number of hydrogen-bond acceptors (Lipinski definition) is 4. The Morgan fingerprint density at radius 3 is 2.33 bits per heavy atom. The number of nitrogens with zero attached hydrogens (tertiary/aromatic N) is 1. The molecule has 27 heavy (non-hydrogen) atoms. The zero-order chi connectivity index (χ0) is 19.2. The molecule has 5 nitrogen and oxygen atoms in total. The van der Waals surface area contributed by atoms with Gasteiger partial charge in [0.15, 0.2) is 0 Å². The second-order valence-electron chi connectivity index (χ2n) is 6.65. The van der Waals surface area contributed by atoms with E-state index in [1.54, 1.807) is 0 Å². The van der Waals surface area contributed by atoms with Crippen LogP contribution < -0.4 is 0 Å². The van der Waals surface area contributed by atoms with Crippen molar-refractivity contribution in [2.75, 3.05) is 6.61 Å². The fourth-order valence-corrected chi connectivity index (χ4v) is 3.33. The molecule has 1 aliphatic heterocycles. The Kier molecular flexibility index (Phi) is 6.04. The molecule has 0 saturated carbocycles. The number of hydrogen-bond donors (Lipinski definition) is 1. The Morgan fingerprint density at radius 2 is 1.74 bits per heavy atom. The van der Waals surface area contributed by atoms with Gasteiger partial charge in [-0.1, -0.05) is 66.7 Å². The van der Waals surface area contributed by atoms with Crippen molar-refractivity contribution in [1.82, 2.24) is 4.90 Å². The van der Waals surface area contributed by atoms with Crippen molar-refractivity contribution in [2.24, 2.45) is 5.92 Å². The predicted molar refractivity (Wildman–Crippen MR) is 102 cm³/mol. The third-order valence-electron chi connectivity index (χ3n) is 4.78. The Labute approximate surface area is 158 Å². The summed E-state index contributed by atoms with van der Waals surface area (Å²) in [4.78, 5) is 26.6. The van der Waals surface area contributed by atoms with Crippen LogP contribution in [0.15, 0.2) is 73.3 Å². The van der Waals surface area contributed by atoms with Gasteiger partial charge in [-0.25, -0.2) is 9.69 Å². The first-order valence-electron chi connectivity index (χ1n) is 8.98. The number of benzene rings is 2. The summed E-state index contributed by atoms with van der Waals surface area (Å²) in [5.41, 5.74) is 1.92. The third-order valence-corrected chi connectivity index (χ3v) is 4.78. The van der Waals surface area contributed by atoms with E-state index >= 15 is 0 Å². The van der Waals surface area contributed by atoms with E-state index < -0.39 is 24.0 Å². The number of cyclic esters (lactones) is 1. The van der Waals surface area contributed by atoms with Gasteiger partial charge in [0.2, 0.25) is 5.91 Å². The molecule has 0 aliphatic carbocycles. The third kappa shape index (κ3) is 4.44. The molecular weight excluding hydrogens is 342 g/mol. The van der Waals surface area contributed by atoms with E-state index in [0.717, 1.165) is 16.0 Å². The molecule has 2 amide bonds. The van der Waals surface area contributed by atoms with Crippen LogP contribution in [0.2, 0.25) is 0 Å². The molecule has 3 rings (SSSR count). The minimum Gasteiger partial charge on any atom is -0.447 e. The normalized spacial score (nSPS) is 18.6. The quantitative estimate of drug-likeness (QED) is 0.766. The van der Waals surface area contributed by atoms with Gasteiger partial charge >= 0.3 is 6.09 Å². The van der Waals surface area contributed by atoms with Gasteiger partial charge in [-0.3, -0.25) is 4.79 Å². The molecule has 5 heteroatoms. The molecule has 0 bridgehead atoms. The van der Waals surface area contributed by atoms with Crippen molar-refractivity contribution in [3.8, 4) is 0 Å². The minimum atomic E-state index is -1.05. The van der Waals surface area contributed by atoms with Crippen molar-refractivity contribution in [2.45, 2.75) is 25.0 Å². The fourth-order valence-electron chi connectivity index (χ4n) is 3.33. The average Bonchev–Trinajstić information content (AvgIpc) is 3.06. The molecule has 3 atom stereocenters. The molecule has 1 aliphatic rings. The second-order valence-corrected chi connectivity index (χ2v) is 6.65. The molecule has 1 N–H and O–H groups in total. The van der Waals surface area contributed by atoms with Gasteiger partial charge in [0.1, 0.15) is 6.61 Å². The topological polar surface area (TPSA) is 66.8 Å². The Balaban J connectivity index is 1.81. The van der Waals surface area contributed by atoms with Gasteiger partial charge in [0, 0.05) is 0 Å². The van der Waals surface area contributed by atoms with Crippen molar-refractivity contribution in [1.29, 1.82) is 0 Å². The molecule has 1 saturated heterocycles. The summed E-state index contributed by atoms with van der Waals surface area (Å²) in [6, 6.07) is 18.7.